The summed E-state index contributed by atoms with van der Waals surface area (Å²) in [5.74, 6) is -0.475. The summed E-state index contributed by atoms with van der Waals surface area (Å²) >= 11 is 0. The van der Waals surface area contributed by atoms with Gasteiger partial charge < -0.3 is 4.74 Å². The summed E-state index contributed by atoms with van der Waals surface area (Å²) < 4.78 is 4.85. The van der Waals surface area contributed by atoms with Crippen molar-refractivity contribution in [3.63, 3.8) is 0 Å². The van der Waals surface area contributed by atoms with Gasteiger partial charge in [-0.1, -0.05) is 6.08 Å². The molecule has 0 heterocycles. The third kappa shape index (κ3) is 7.05. The van der Waals surface area contributed by atoms with E-state index in [1.807, 2.05) is 0 Å². The molecule has 0 aromatic carbocycles. The molecule has 13 heavy (non-hydrogen) atoms. The van der Waals surface area contributed by atoms with Crippen molar-refractivity contribution in [2.45, 2.75) is 33.3 Å². The van der Waals surface area contributed by atoms with Crippen molar-refractivity contribution in [2.24, 2.45) is 0 Å². The molecule has 4 nitrogen and oxygen atoms in total. The fourth-order valence-corrected chi connectivity index (χ4v) is 0.597. The number of carbonyl (C=O) groups excluding carboxylic acids is 2. The summed E-state index contributed by atoms with van der Waals surface area (Å²) in [5, 5.41) is 2.05. The molecular weight excluding hydrogens is 170 g/mol. The van der Waals surface area contributed by atoms with Crippen LogP contribution in [0.5, 0.6) is 0 Å². The summed E-state index contributed by atoms with van der Waals surface area (Å²) in [4.78, 5) is 21.8. The van der Waals surface area contributed by atoms with E-state index in [2.05, 4.69) is 5.32 Å². The number of allylic oxidation sites excluding steroid dienone is 1. The first-order chi connectivity index (χ1) is 5.85. The normalized spacial score (nSPS) is 11.4. The first-order valence-electron chi connectivity index (χ1n) is 4.02. The molecule has 0 radical (unpaired) electrons. The number of rotatable bonds is 1. The first-order valence-corrected chi connectivity index (χ1v) is 4.02. The van der Waals surface area contributed by atoms with Gasteiger partial charge in [-0.2, -0.15) is 0 Å². The van der Waals surface area contributed by atoms with Gasteiger partial charge in [-0.3, -0.25) is 10.1 Å². The minimum absolute atomic E-state index is 0.475. The van der Waals surface area contributed by atoms with Crippen LogP contribution in [-0.4, -0.2) is 17.6 Å². The molecule has 0 aliphatic heterocycles. The first kappa shape index (κ1) is 11.7. The van der Waals surface area contributed by atoms with Crippen LogP contribution >= 0.6 is 0 Å². The minimum atomic E-state index is -0.726. The van der Waals surface area contributed by atoms with Gasteiger partial charge >= 0.3 is 6.09 Å². The number of nitrogens with one attached hydrogen (secondary N) is 1. The molecule has 1 N–H and O–H groups in total. The van der Waals surface area contributed by atoms with Crippen molar-refractivity contribution in [1.82, 2.24) is 5.32 Å². The van der Waals surface area contributed by atoms with E-state index in [0.29, 0.717) is 0 Å². The molecule has 0 atom stereocenters. The molecule has 0 aliphatic rings. The van der Waals surface area contributed by atoms with Crippen molar-refractivity contribution in [3.05, 3.63) is 12.2 Å². The van der Waals surface area contributed by atoms with Crippen LogP contribution in [0.25, 0.3) is 0 Å². The maximum Gasteiger partial charge on any atom is 0.414 e. The monoisotopic (exact) mass is 185 g/mol. The lowest BCUT2D eigenvalue weighted by Crippen LogP contribution is -2.35. The SMILES string of the molecule is CC=CC(=O)NC(=O)OC(C)(C)C. The van der Waals surface area contributed by atoms with Crippen LogP contribution in [0.4, 0.5) is 4.79 Å². The van der Waals surface area contributed by atoms with Crippen LogP contribution in [0, 0.1) is 0 Å². The highest BCUT2D eigenvalue weighted by Crippen LogP contribution is 2.06. The van der Waals surface area contributed by atoms with Crippen molar-refractivity contribution in [1.29, 1.82) is 0 Å². The lowest BCUT2D eigenvalue weighted by Gasteiger charge is -2.18. The van der Waals surface area contributed by atoms with E-state index in [1.54, 1.807) is 33.8 Å². The fraction of sp³-hybridized carbons (Fsp3) is 0.556. The average Bonchev–Trinajstić information content (AvgIpc) is 1.81. The zero-order valence-corrected chi connectivity index (χ0v) is 8.38. The Kier molecular flexibility index (Phi) is 4.17. The largest absolute Gasteiger partial charge is 0.444 e. The van der Waals surface area contributed by atoms with Crippen molar-refractivity contribution in [3.8, 4) is 0 Å². The Bertz CT molecular complexity index is 226. The predicted molar refractivity (Wildman–Crippen MR) is 49.2 cm³/mol. The van der Waals surface area contributed by atoms with Crippen molar-refractivity contribution >= 4 is 12.0 Å². The second-order valence-electron chi connectivity index (χ2n) is 3.49. The second kappa shape index (κ2) is 4.64. The van der Waals surface area contributed by atoms with Gasteiger partial charge in [0.25, 0.3) is 5.91 Å². The van der Waals surface area contributed by atoms with Crippen molar-refractivity contribution in [2.75, 3.05) is 0 Å². The van der Waals surface area contributed by atoms with E-state index in [9.17, 15) is 9.59 Å². The van der Waals surface area contributed by atoms with Crippen LogP contribution in [0.15, 0.2) is 12.2 Å². The summed E-state index contributed by atoms with van der Waals surface area (Å²) in [6.45, 7) is 6.88. The highest BCUT2D eigenvalue weighted by Gasteiger charge is 2.16. The van der Waals surface area contributed by atoms with Gasteiger partial charge in [0.05, 0.1) is 0 Å². The Morgan fingerprint density at radius 1 is 1.31 bits per heavy atom. The van der Waals surface area contributed by atoms with Crippen LogP contribution in [0.3, 0.4) is 0 Å². The Balaban J connectivity index is 3.96. The maximum atomic E-state index is 11.0. The third-order valence-electron chi connectivity index (χ3n) is 0.942. The molecule has 0 saturated carbocycles. The number of ether oxygens (including phenoxy) is 1. The van der Waals surface area contributed by atoms with Crippen LogP contribution in [-0.2, 0) is 9.53 Å². The summed E-state index contributed by atoms with van der Waals surface area (Å²) in [6.07, 6.45) is 2.07. The van der Waals surface area contributed by atoms with E-state index < -0.39 is 17.6 Å². The van der Waals surface area contributed by atoms with E-state index >= 15 is 0 Å². The van der Waals surface area contributed by atoms with E-state index in [0.717, 1.165) is 0 Å². The van der Waals surface area contributed by atoms with Crippen LogP contribution < -0.4 is 5.32 Å². The van der Waals surface area contributed by atoms with Gasteiger partial charge in [-0.15, -0.1) is 0 Å². The molecule has 0 aromatic heterocycles. The smallest absolute Gasteiger partial charge is 0.414 e. The Labute approximate surface area is 78.0 Å². The summed E-state index contributed by atoms with van der Waals surface area (Å²) in [6, 6.07) is 0. The molecule has 0 unspecified atom stereocenters. The van der Waals surface area contributed by atoms with Gasteiger partial charge in [0, 0.05) is 0 Å². The molecule has 0 rings (SSSR count). The number of hydrogen-bond donors (Lipinski definition) is 1. The molecule has 0 fully saturated rings. The second-order valence-corrected chi connectivity index (χ2v) is 3.49. The van der Waals surface area contributed by atoms with Gasteiger partial charge in [0.15, 0.2) is 0 Å². The van der Waals surface area contributed by atoms with Gasteiger partial charge in [-0.25, -0.2) is 4.79 Å². The van der Waals surface area contributed by atoms with Gasteiger partial charge in [-0.05, 0) is 33.8 Å². The quantitative estimate of drug-likeness (QED) is 0.631. The van der Waals surface area contributed by atoms with Gasteiger partial charge in [0.2, 0.25) is 0 Å². The van der Waals surface area contributed by atoms with E-state index in [4.69, 9.17) is 4.74 Å². The topological polar surface area (TPSA) is 55.4 Å². The molecule has 0 aliphatic carbocycles. The summed E-state index contributed by atoms with van der Waals surface area (Å²) in [5.41, 5.74) is -0.583. The zero-order valence-electron chi connectivity index (χ0n) is 8.38. The van der Waals surface area contributed by atoms with E-state index in [1.165, 1.54) is 6.08 Å². The lowest BCUT2D eigenvalue weighted by atomic mass is 10.2. The molecule has 4 heteroatoms. The fourth-order valence-electron chi connectivity index (χ4n) is 0.597. The Morgan fingerprint density at radius 2 is 1.85 bits per heavy atom. The Morgan fingerprint density at radius 3 is 2.23 bits per heavy atom. The maximum absolute atomic E-state index is 11.0. The number of alkyl carbamates (subject to hydrolysis) is 1. The van der Waals surface area contributed by atoms with Crippen molar-refractivity contribution < 1.29 is 14.3 Å². The predicted octanol–water partition coefficient (Wildman–Crippen LogP) is 1.61. The zero-order chi connectivity index (χ0) is 10.5. The molecular formula is C9H15NO3. The van der Waals surface area contributed by atoms with Crippen LogP contribution in [0.2, 0.25) is 0 Å². The lowest BCUT2D eigenvalue weighted by molar-refractivity contribution is -0.116. The highest BCUT2D eigenvalue weighted by molar-refractivity contribution is 5.98. The molecule has 0 aromatic rings. The molecule has 74 valence electrons. The van der Waals surface area contributed by atoms with Crippen LogP contribution in [0.1, 0.15) is 27.7 Å². The number of imide groups is 1. The highest BCUT2D eigenvalue weighted by atomic mass is 16.6. The standard InChI is InChI=1S/C9H15NO3/c1-5-6-7(11)10-8(12)13-9(2,3)4/h5-6H,1-4H3,(H,10,11,12). The molecule has 0 bridgehead atoms. The number of amides is 2. The number of carbonyl (C=O) groups is 2. The summed E-state index contributed by atoms with van der Waals surface area (Å²) in [7, 11) is 0. The molecule has 0 spiro atoms. The minimum Gasteiger partial charge on any atom is -0.444 e. The van der Waals surface area contributed by atoms with Gasteiger partial charge in [0.1, 0.15) is 5.60 Å². The number of hydrogen-bond acceptors (Lipinski definition) is 3. The molecule has 0 saturated heterocycles. The third-order valence-corrected chi connectivity index (χ3v) is 0.942. The molecule has 2 amide bonds. The van der Waals surface area contributed by atoms with E-state index in [-0.39, 0.29) is 0 Å². The Hall–Kier alpha value is -1.32. The average molecular weight is 185 g/mol.